The van der Waals surface area contributed by atoms with Gasteiger partial charge in [0.2, 0.25) is 5.91 Å². The monoisotopic (exact) mass is 998 g/mol. The molecule has 0 aliphatic heterocycles. The van der Waals surface area contributed by atoms with Gasteiger partial charge < -0.3 is 19.4 Å². The molecule has 2 N–H and O–H groups in total. The maximum Gasteiger partial charge on any atom is 0.472 e. The highest BCUT2D eigenvalue weighted by Gasteiger charge is 2.30. The van der Waals surface area contributed by atoms with Crippen LogP contribution in [-0.2, 0) is 27.9 Å². The first-order valence-corrected chi connectivity index (χ1v) is 31.5. The standard InChI is InChI=1S/C59H117N2O7P/c1-7-10-13-16-19-22-25-28-30-32-33-36-39-42-45-48-51-58(62)60-56(55-67-69(64,65)66-54-53-61(4,5)6)57(50-47-44-41-38-35-27-24-21-18-15-12-9-3)68-59(63)52-49-46-43-40-37-34-31-29-26-23-20-17-14-11-8-2/h47,50,56-57H,7-46,48-49,51-55H2,1-6H3,(H-,60,62,64,65)/p+1/b50-47+. The minimum absolute atomic E-state index is 0.0456. The van der Waals surface area contributed by atoms with Crippen molar-refractivity contribution in [2.75, 3.05) is 40.9 Å². The molecular weight excluding hydrogens is 880 g/mol. The summed E-state index contributed by atoms with van der Waals surface area (Å²) in [5.74, 6) is -0.485. The van der Waals surface area contributed by atoms with Crippen LogP contribution >= 0.6 is 7.82 Å². The van der Waals surface area contributed by atoms with Gasteiger partial charge in [0.05, 0.1) is 33.8 Å². The van der Waals surface area contributed by atoms with Gasteiger partial charge in [-0.2, -0.15) is 0 Å². The molecule has 0 spiro atoms. The van der Waals surface area contributed by atoms with E-state index >= 15 is 0 Å². The van der Waals surface area contributed by atoms with E-state index < -0.39 is 20.0 Å². The number of rotatable bonds is 55. The van der Waals surface area contributed by atoms with Crippen LogP contribution in [0, 0.1) is 0 Å². The summed E-state index contributed by atoms with van der Waals surface area (Å²) in [5, 5.41) is 3.06. The molecule has 0 radical (unpaired) electrons. The molecule has 0 bridgehead atoms. The van der Waals surface area contributed by atoms with E-state index in [4.69, 9.17) is 13.8 Å². The summed E-state index contributed by atoms with van der Waals surface area (Å²) in [5.41, 5.74) is 0. The molecular formula is C59H118N2O7P+. The minimum atomic E-state index is -4.44. The lowest BCUT2D eigenvalue weighted by Gasteiger charge is -2.27. The molecule has 0 heterocycles. The molecule has 10 heteroatoms. The molecule has 3 unspecified atom stereocenters. The third-order valence-electron chi connectivity index (χ3n) is 13.7. The van der Waals surface area contributed by atoms with Gasteiger partial charge >= 0.3 is 13.8 Å². The van der Waals surface area contributed by atoms with Gasteiger partial charge in [-0.15, -0.1) is 0 Å². The molecule has 1 amide bonds. The van der Waals surface area contributed by atoms with Crippen molar-refractivity contribution in [3.05, 3.63) is 12.2 Å². The summed E-state index contributed by atoms with van der Waals surface area (Å²) in [7, 11) is 1.52. The molecule has 410 valence electrons. The molecule has 0 aromatic rings. The SMILES string of the molecule is CCCCCCCCCCCC/C=C/C(OC(=O)CCCCCCCCCCCCCCCCC)C(COP(=O)(O)OCC[N+](C)(C)C)NC(=O)CCCCCCCCCCCCCCCCCC. The Kier molecular flexibility index (Phi) is 49.4. The number of esters is 1. The Balaban J connectivity index is 5.27. The van der Waals surface area contributed by atoms with E-state index in [0.717, 1.165) is 57.8 Å². The van der Waals surface area contributed by atoms with Crippen LogP contribution in [0.5, 0.6) is 0 Å². The highest BCUT2D eigenvalue weighted by atomic mass is 31.2. The van der Waals surface area contributed by atoms with Crippen molar-refractivity contribution in [3.63, 3.8) is 0 Å². The van der Waals surface area contributed by atoms with E-state index in [2.05, 4.69) is 26.1 Å². The number of phosphoric acid groups is 1. The van der Waals surface area contributed by atoms with Crippen molar-refractivity contribution in [1.82, 2.24) is 5.32 Å². The first-order valence-electron chi connectivity index (χ1n) is 30.0. The van der Waals surface area contributed by atoms with Crippen LogP contribution in [0.4, 0.5) is 0 Å². The molecule has 0 aliphatic rings. The van der Waals surface area contributed by atoms with Crippen molar-refractivity contribution >= 4 is 19.7 Å². The lowest BCUT2D eigenvalue weighted by Crippen LogP contribution is -2.47. The fourth-order valence-corrected chi connectivity index (χ4v) is 9.80. The molecule has 0 aromatic heterocycles. The second kappa shape index (κ2) is 50.3. The summed E-state index contributed by atoms with van der Waals surface area (Å²) >= 11 is 0. The summed E-state index contributed by atoms with van der Waals surface area (Å²) in [4.78, 5) is 37.6. The maximum absolute atomic E-state index is 13.5. The smallest absolute Gasteiger partial charge is 0.456 e. The molecule has 0 aromatic carbocycles. The maximum atomic E-state index is 13.5. The molecule has 0 saturated carbocycles. The molecule has 3 atom stereocenters. The van der Waals surface area contributed by atoms with E-state index in [9.17, 15) is 19.0 Å². The average Bonchev–Trinajstić information content (AvgIpc) is 3.31. The van der Waals surface area contributed by atoms with Gasteiger partial charge in [-0.1, -0.05) is 271 Å². The van der Waals surface area contributed by atoms with Gasteiger partial charge in [-0.05, 0) is 31.8 Å². The van der Waals surface area contributed by atoms with Crippen molar-refractivity contribution in [3.8, 4) is 0 Å². The first kappa shape index (κ1) is 67.8. The van der Waals surface area contributed by atoms with E-state index in [1.165, 1.54) is 212 Å². The average molecular weight is 999 g/mol. The predicted octanol–water partition coefficient (Wildman–Crippen LogP) is 18.0. The summed E-state index contributed by atoms with van der Waals surface area (Å²) in [6.07, 6.45) is 56.2. The number of hydrogen-bond donors (Lipinski definition) is 2. The van der Waals surface area contributed by atoms with Gasteiger partial charge in [0.15, 0.2) is 0 Å². The Morgan fingerprint density at radius 1 is 0.493 bits per heavy atom. The van der Waals surface area contributed by atoms with Crippen molar-refractivity contribution in [2.24, 2.45) is 0 Å². The number of amides is 1. The minimum Gasteiger partial charge on any atom is -0.456 e. The topological polar surface area (TPSA) is 111 Å². The highest BCUT2D eigenvalue weighted by molar-refractivity contribution is 7.47. The fourth-order valence-electron chi connectivity index (χ4n) is 9.06. The second-order valence-electron chi connectivity index (χ2n) is 21.9. The number of allylic oxidation sites excluding steroid dienone is 1. The second-order valence-corrected chi connectivity index (χ2v) is 23.3. The fraction of sp³-hybridized carbons (Fsp3) is 0.932. The Morgan fingerprint density at radius 2 is 0.826 bits per heavy atom. The number of phosphoric ester groups is 1. The number of unbranched alkanes of at least 4 members (excludes halogenated alkanes) is 39. The number of quaternary nitrogens is 1. The summed E-state index contributed by atoms with van der Waals surface area (Å²) in [6, 6.07) is -0.838. The zero-order valence-corrected chi connectivity index (χ0v) is 47.7. The van der Waals surface area contributed by atoms with Crippen molar-refractivity contribution in [2.45, 2.75) is 315 Å². The Labute approximate surface area is 429 Å². The zero-order valence-electron chi connectivity index (χ0n) is 46.8. The number of likely N-dealkylation sites (N-methyl/N-ethyl adjacent to an activating group) is 1. The van der Waals surface area contributed by atoms with E-state index in [1.807, 2.05) is 33.3 Å². The van der Waals surface area contributed by atoms with Crippen molar-refractivity contribution < 1.29 is 37.3 Å². The number of ether oxygens (including phenoxy) is 1. The van der Waals surface area contributed by atoms with Crippen LogP contribution in [0.25, 0.3) is 0 Å². The van der Waals surface area contributed by atoms with Gasteiger partial charge in [-0.25, -0.2) is 4.57 Å². The number of carbonyl (C=O) groups is 2. The molecule has 69 heavy (non-hydrogen) atoms. The number of carbonyl (C=O) groups excluding carboxylic acids is 2. The lowest BCUT2D eigenvalue weighted by molar-refractivity contribution is -0.870. The third-order valence-corrected chi connectivity index (χ3v) is 14.7. The van der Waals surface area contributed by atoms with Crippen LogP contribution in [0.15, 0.2) is 12.2 Å². The van der Waals surface area contributed by atoms with E-state index in [1.54, 1.807) is 0 Å². The van der Waals surface area contributed by atoms with Crippen LogP contribution in [0.1, 0.15) is 303 Å². The molecule has 0 saturated heterocycles. The van der Waals surface area contributed by atoms with E-state index in [-0.39, 0.29) is 25.1 Å². The number of nitrogens with zero attached hydrogens (tertiary/aromatic N) is 1. The van der Waals surface area contributed by atoms with Gasteiger partial charge in [0.25, 0.3) is 0 Å². The normalized spacial score (nSPS) is 13.8. The molecule has 9 nitrogen and oxygen atoms in total. The molecule has 0 fully saturated rings. The van der Waals surface area contributed by atoms with Crippen molar-refractivity contribution in [1.29, 1.82) is 0 Å². The van der Waals surface area contributed by atoms with Crippen LogP contribution in [-0.4, -0.2) is 74.3 Å². The summed E-state index contributed by atoms with van der Waals surface area (Å²) < 4.78 is 30.7. The Hall–Kier alpha value is -1.25. The summed E-state index contributed by atoms with van der Waals surface area (Å²) in [6.45, 7) is 7.06. The largest absolute Gasteiger partial charge is 0.472 e. The predicted molar refractivity (Wildman–Crippen MR) is 296 cm³/mol. The Morgan fingerprint density at radius 3 is 1.19 bits per heavy atom. The Bertz CT molecular complexity index is 1190. The quantitative estimate of drug-likeness (QED) is 0.0205. The van der Waals surface area contributed by atoms with Gasteiger partial charge in [0, 0.05) is 12.8 Å². The molecule has 0 aliphatic carbocycles. The zero-order chi connectivity index (χ0) is 50.8. The van der Waals surface area contributed by atoms with Crippen LogP contribution < -0.4 is 5.32 Å². The van der Waals surface area contributed by atoms with Crippen LogP contribution in [0.2, 0.25) is 0 Å². The lowest BCUT2D eigenvalue weighted by atomic mass is 10.0. The number of nitrogens with one attached hydrogen (secondary N) is 1. The van der Waals surface area contributed by atoms with Crippen LogP contribution in [0.3, 0.4) is 0 Å². The molecule has 0 rings (SSSR count). The van der Waals surface area contributed by atoms with E-state index in [0.29, 0.717) is 23.9 Å². The number of hydrogen-bond acceptors (Lipinski definition) is 6. The first-order chi connectivity index (χ1) is 33.4. The third kappa shape index (κ3) is 51.5. The highest BCUT2D eigenvalue weighted by Crippen LogP contribution is 2.43. The van der Waals surface area contributed by atoms with Gasteiger partial charge in [-0.3, -0.25) is 18.6 Å². The van der Waals surface area contributed by atoms with Gasteiger partial charge in [0.1, 0.15) is 19.3 Å².